The number of pyridine rings is 1. The topological polar surface area (TPSA) is 53.4 Å². The smallest absolute Gasteiger partial charge is 0.306 e. The molecule has 1 aliphatic rings. The van der Waals surface area contributed by atoms with Crippen LogP contribution in [-0.2, 0) is 4.79 Å². The van der Waals surface area contributed by atoms with Gasteiger partial charge in [0, 0.05) is 16.5 Å². The lowest BCUT2D eigenvalue weighted by Gasteiger charge is -2.36. The van der Waals surface area contributed by atoms with Gasteiger partial charge < -0.3 is 5.11 Å². The van der Waals surface area contributed by atoms with Crippen LogP contribution in [-0.4, -0.2) is 34.0 Å². The molecule has 0 amide bonds. The SMILES string of the molecule is O=C(O)C1CCN(C(c2cnc3ccccc3c2)c2cccs2)CC1. The number of likely N-dealkylation sites (tertiary alicyclic amines) is 1. The van der Waals surface area contributed by atoms with E-state index in [-0.39, 0.29) is 12.0 Å². The second-order valence-electron chi connectivity index (χ2n) is 6.53. The molecule has 1 unspecified atom stereocenters. The standard InChI is InChI=1S/C20H20N2O2S/c23-20(24)14-7-9-22(10-8-14)19(18-6-3-11-25-18)16-12-15-4-1-2-5-17(15)21-13-16/h1-6,11-14,19H,7-10H2,(H,23,24). The van der Waals surface area contributed by atoms with Crippen LogP contribution in [0.15, 0.2) is 54.0 Å². The zero-order chi connectivity index (χ0) is 17.2. The van der Waals surface area contributed by atoms with Gasteiger partial charge in [-0.05, 0) is 55.1 Å². The highest BCUT2D eigenvalue weighted by Gasteiger charge is 2.30. The Hall–Kier alpha value is -2.24. The average molecular weight is 352 g/mol. The molecule has 0 saturated carbocycles. The monoisotopic (exact) mass is 352 g/mol. The van der Waals surface area contributed by atoms with Crippen molar-refractivity contribution in [2.24, 2.45) is 5.92 Å². The van der Waals surface area contributed by atoms with E-state index in [0.29, 0.717) is 12.8 Å². The number of carbonyl (C=O) groups is 1. The molecule has 1 atom stereocenters. The molecule has 0 spiro atoms. The number of hydrogen-bond acceptors (Lipinski definition) is 4. The molecule has 1 aromatic carbocycles. The van der Waals surface area contributed by atoms with Gasteiger partial charge in [0.15, 0.2) is 0 Å². The largest absolute Gasteiger partial charge is 0.481 e. The van der Waals surface area contributed by atoms with Crippen molar-refractivity contribution in [2.75, 3.05) is 13.1 Å². The van der Waals surface area contributed by atoms with Crippen LogP contribution in [0.25, 0.3) is 10.9 Å². The fourth-order valence-corrected chi connectivity index (χ4v) is 4.53. The number of carboxylic acid groups (broad SMARTS) is 1. The van der Waals surface area contributed by atoms with Gasteiger partial charge in [-0.3, -0.25) is 14.7 Å². The molecule has 1 aliphatic heterocycles. The molecule has 2 aromatic heterocycles. The maximum Gasteiger partial charge on any atom is 0.306 e. The Labute approximate surface area is 150 Å². The first kappa shape index (κ1) is 16.2. The third kappa shape index (κ3) is 3.30. The van der Waals surface area contributed by atoms with Crippen LogP contribution in [0, 0.1) is 5.92 Å². The lowest BCUT2D eigenvalue weighted by Crippen LogP contribution is -2.39. The van der Waals surface area contributed by atoms with Crippen LogP contribution >= 0.6 is 11.3 Å². The molecule has 1 N–H and O–H groups in total. The molecule has 0 bridgehead atoms. The summed E-state index contributed by atoms with van der Waals surface area (Å²) < 4.78 is 0. The van der Waals surface area contributed by atoms with E-state index in [1.54, 1.807) is 11.3 Å². The molecule has 4 nitrogen and oxygen atoms in total. The number of piperidine rings is 1. The molecule has 5 heteroatoms. The first-order valence-corrected chi connectivity index (χ1v) is 9.45. The van der Waals surface area contributed by atoms with Crippen molar-refractivity contribution in [1.29, 1.82) is 0 Å². The summed E-state index contributed by atoms with van der Waals surface area (Å²) >= 11 is 1.75. The highest BCUT2D eigenvalue weighted by molar-refractivity contribution is 7.10. The summed E-state index contributed by atoms with van der Waals surface area (Å²) in [6.45, 7) is 1.60. The summed E-state index contributed by atoms with van der Waals surface area (Å²) in [4.78, 5) is 19.6. The van der Waals surface area contributed by atoms with Gasteiger partial charge in [0.2, 0.25) is 0 Å². The molecule has 3 aromatic rings. The normalized spacial score (nSPS) is 17.6. The highest BCUT2D eigenvalue weighted by atomic mass is 32.1. The number of carboxylic acids is 1. The average Bonchev–Trinajstić information content (AvgIpc) is 3.16. The van der Waals surface area contributed by atoms with Crippen LogP contribution in [0.4, 0.5) is 0 Å². The predicted molar refractivity (Wildman–Crippen MR) is 99.8 cm³/mol. The van der Waals surface area contributed by atoms with Crippen molar-refractivity contribution in [3.8, 4) is 0 Å². The molecule has 25 heavy (non-hydrogen) atoms. The van der Waals surface area contributed by atoms with Crippen LogP contribution in [0.2, 0.25) is 0 Å². The lowest BCUT2D eigenvalue weighted by atomic mass is 9.94. The number of thiophene rings is 1. The minimum Gasteiger partial charge on any atom is -0.481 e. The Morgan fingerprint density at radius 3 is 2.72 bits per heavy atom. The Morgan fingerprint density at radius 1 is 1.20 bits per heavy atom. The van der Waals surface area contributed by atoms with E-state index in [4.69, 9.17) is 0 Å². The third-order valence-electron chi connectivity index (χ3n) is 4.98. The van der Waals surface area contributed by atoms with Gasteiger partial charge in [-0.2, -0.15) is 0 Å². The lowest BCUT2D eigenvalue weighted by molar-refractivity contribution is -0.143. The molecule has 4 rings (SSSR count). The van der Waals surface area contributed by atoms with Crippen LogP contribution < -0.4 is 0 Å². The van der Waals surface area contributed by atoms with Gasteiger partial charge in [0.05, 0.1) is 17.5 Å². The van der Waals surface area contributed by atoms with Crippen molar-refractivity contribution in [2.45, 2.75) is 18.9 Å². The Bertz CT molecular complexity index is 870. The van der Waals surface area contributed by atoms with Gasteiger partial charge in [0.1, 0.15) is 0 Å². The maximum atomic E-state index is 11.2. The zero-order valence-electron chi connectivity index (χ0n) is 13.8. The Balaban J connectivity index is 1.68. The number of nitrogens with zero attached hydrogens (tertiary/aromatic N) is 2. The first-order chi connectivity index (χ1) is 12.2. The molecular weight excluding hydrogens is 332 g/mol. The van der Waals surface area contributed by atoms with E-state index in [1.807, 2.05) is 24.4 Å². The first-order valence-electron chi connectivity index (χ1n) is 8.57. The number of aromatic nitrogens is 1. The summed E-state index contributed by atoms with van der Waals surface area (Å²) in [5.74, 6) is -0.880. The summed E-state index contributed by atoms with van der Waals surface area (Å²) in [5, 5.41) is 12.5. The number of benzene rings is 1. The van der Waals surface area contributed by atoms with E-state index in [9.17, 15) is 9.90 Å². The van der Waals surface area contributed by atoms with E-state index >= 15 is 0 Å². The number of para-hydroxylation sites is 1. The van der Waals surface area contributed by atoms with Crippen molar-refractivity contribution in [1.82, 2.24) is 9.88 Å². The summed E-state index contributed by atoms with van der Waals surface area (Å²) in [6.07, 6.45) is 3.38. The van der Waals surface area contributed by atoms with Gasteiger partial charge in [0.25, 0.3) is 0 Å². The van der Waals surface area contributed by atoms with Crippen molar-refractivity contribution in [3.63, 3.8) is 0 Å². The van der Waals surface area contributed by atoms with Crippen molar-refractivity contribution in [3.05, 3.63) is 64.5 Å². The van der Waals surface area contributed by atoms with Gasteiger partial charge >= 0.3 is 5.97 Å². The summed E-state index contributed by atoms with van der Waals surface area (Å²) in [7, 11) is 0. The molecule has 1 fully saturated rings. The predicted octanol–water partition coefficient (Wildman–Crippen LogP) is 4.18. The Kier molecular flexibility index (Phi) is 4.51. The molecular formula is C20H20N2O2S. The minimum absolute atomic E-state index is 0.145. The second-order valence-corrected chi connectivity index (χ2v) is 7.51. The van der Waals surface area contributed by atoms with Crippen LogP contribution in [0.5, 0.6) is 0 Å². The van der Waals surface area contributed by atoms with Crippen molar-refractivity contribution >= 4 is 28.2 Å². The van der Waals surface area contributed by atoms with E-state index < -0.39 is 5.97 Å². The van der Waals surface area contributed by atoms with E-state index in [0.717, 1.165) is 24.0 Å². The van der Waals surface area contributed by atoms with Gasteiger partial charge in [-0.25, -0.2) is 0 Å². The molecule has 1 saturated heterocycles. The van der Waals surface area contributed by atoms with Gasteiger partial charge in [-0.1, -0.05) is 24.3 Å². The second kappa shape index (κ2) is 6.94. The quantitative estimate of drug-likeness (QED) is 0.765. The molecule has 3 heterocycles. The Morgan fingerprint density at radius 2 is 2.00 bits per heavy atom. The fraction of sp³-hybridized carbons (Fsp3) is 0.300. The molecule has 0 radical (unpaired) electrons. The number of hydrogen-bond donors (Lipinski definition) is 1. The summed E-state index contributed by atoms with van der Waals surface area (Å²) in [5.41, 5.74) is 2.18. The number of fused-ring (bicyclic) bond motifs is 1. The van der Waals surface area contributed by atoms with E-state index in [2.05, 4.69) is 39.5 Å². The van der Waals surface area contributed by atoms with Gasteiger partial charge in [-0.15, -0.1) is 11.3 Å². The zero-order valence-corrected chi connectivity index (χ0v) is 14.7. The van der Waals surface area contributed by atoms with E-state index in [1.165, 1.54) is 10.4 Å². The minimum atomic E-state index is -0.667. The number of rotatable bonds is 4. The summed E-state index contributed by atoms with van der Waals surface area (Å²) in [6, 6.07) is 14.8. The molecule has 0 aliphatic carbocycles. The highest BCUT2D eigenvalue weighted by Crippen LogP contribution is 2.35. The van der Waals surface area contributed by atoms with Crippen LogP contribution in [0.1, 0.15) is 29.3 Å². The fourth-order valence-electron chi connectivity index (χ4n) is 3.64. The number of aliphatic carboxylic acids is 1. The van der Waals surface area contributed by atoms with Crippen LogP contribution in [0.3, 0.4) is 0 Å². The maximum absolute atomic E-state index is 11.2. The third-order valence-corrected chi connectivity index (χ3v) is 5.91. The molecule has 128 valence electrons. The van der Waals surface area contributed by atoms with Crippen molar-refractivity contribution < 1.29 is 9.90 Å².